The van der Waals surface area contributed by atoms with Crippen molar-refractivity contribution in [3.8, 4) is 11.9 Å². The number of carbonyl (C=O) groups is 1. The molecule has 3 heterocycles. The van der Waals surface area contributed by atoms with Crippen LogP contribution in [0.5, 0.6) is 5.88 Å². The maximum Gasteiger partial charge on any atom is 0.233 e. The molecule has 2 fully saturated rings. The van der Waals surface area contributed by atoms with Crippen LogP contribution in [0.2, 0.25) is 0 Å². The molecule has 2 aliphatic rings. The average Bonchev–Trinajstić information content (AvgIpc) is 2.95. The van der Waals surface area contributed by atoms with E-state index in [2.05, 4.69) is 35.9 Å². The molecule has 1 spiro atoms. The minimum Gasteiger partial charge on any atom is -0.480 e. The van der Waals surface area contributed by atoms with Crippen molar-refractivity contribution < 1.29 is 9.53 Å². The summed E-state index contributed by atoms with van der Waals surface area (Å²) in [6.07, 6.45) is 6.36. The minimum atomic E-state index is 0.0764. The summed E-state index contributed by atoms with van der Waals surface area (Å²) in [6.45, 7) is 7.35. The number of ether oxygens (including phenoxy) is 1. The summed E-state index contributed by atoms with van der Waals surface area (Å²) in [6, 6.07) is 4.09. The van der Waals surface area contributed by atoms with E-state index in [9.17, 15) is 10.1 Å². The maximum atomic E-state index is 12.4. The Morgan fingerprint density at radius 1 is 1.42 bits per heavy atom. The smallest absolute Gasteiger partial charge is 0.233 e. The lowest BCUT2D eigenvalue weighted by molar-refractivity contribution is -0.127. The first kappa shape index (κ1) is 18.2. The number of pyridine rings is 1. The molecule has 0 atom stereocenters. The van der Waals surface area contributed by atoms with Crippen LogP contribution >= 0.6 is 0 Å². The van der Waals surface area contributed by atoms with Gasteiger partial charge in [0.15, 0.2) is 0 Å². The lowest BCUT2D eigenvalue weighted by Crippen LogP contribution is -2.42. The number of rotatable bonds is 4. The fourth-order valence-electron chi connectivity index (χ4n) is 3.95. The third kappa shape index (κ3) is 3.52. The number of amides is 1. The molecule has 6 heteroatoms. The topological polar surface area (TPSA) is 69.5 Å². The Kier molecular flexibility index (Phi) is 5.17. The molecule has 0 bridgehead atoms. The number of hydrogen-bond donors (Lipinski definition) is 0. The molecular weight excluding hydrogens is 328 g/mol. The second-order valence-corrected chi connectivity index (χ2v) is 7.55. The zero-order valence-corrected chi connectivity index (χ0v) is 15.8. The van der Waals surface area contributed by atoms with Crippen LogP contribution in [0.3, 0.4) is 0 Å². The summed E-state index contributed by atoms with van der Waals surface area (Å²) in [5.41, 5.74) is 2.68. The molecule has 26 heavy (non-hydrogen) atoms. The first-order chi connectivity index (χ1) is 12.5. The van der Waals surface area contributed by atoms with E-state index in [1.165, 1.54) is 12.7 Å². The third-order valence-corrected chi connectivity index (χ3v) is 5.49. The first-order valence-electron chi connectivity index (χ1n) is 9.07. The Balaban J connectivity index is 1.70. The van der Waals surface area contributed by atoms with E-state index in [1.54, 1.807) is 6.20 Å². The highest BCUT2D eigenvalue weighted by molar-refractivity contribution is 5.79. The van der Waals surface area contributed by atoms with Crippen LogP contribution in [0.4, 0.5) is 5.69 Å². The Bertz CT molecular complexity index is 754. The predicted octanol–water partition coefficient (Wildman–Crippen LogP) is 2.75. The zero-order valence-electron chi connectivity index (χ0n) is 15.8. The molecule has 0 aromatic carbocycles. The van der Waals surface area contributed by atoms with E-state index in [0.29, 0.717) is 24.4 Å². The summed E-state index contributed by atoms with van der Waals surface area (Å²) in [4.78, 5) is 20.7. The number of piperidine rings is 1. The lowest BCUT2D eigenvalue weighted by atomic mass is 9.77. The van der Waals surface area contributed by atoms with Crippen LogP contribution in [-0.4, -0.2) is 49.1 Å². The van der Waals surface area contributed by atoms with E-state index >= 15 is 0 Å². The summed E-state index contributed by atoms with van der Waals surface area (Å²) < 4.78 is 5.22. The second kappa shape index (κ2) is 7.36. The molecule has 0 aliphatic carbocycles. The van der Waals surface area contributed by atoms with Crippen LogP contribution in [-0.2, 0) is 4.79 Å². The van der Waals surface area contributed by atoms with Gasteiger partial charge in [0, 0.05) is 44.2 Å². The van der Waals surface area contributed by atoms with Gasteiger partial charge in [-0.25, -0.2) is 4.98 Å². The van der Waals surface area contributed by atoms with Gasteiger partial charge in [0.05, 0.1) is 12.8 Å². The molecule has 2 aliphatic heterocycles. The monoisotopic (exact) mass is 354 g/mol. The number of anilines is 1. The number of hydrogen-bond acceptors (Lipinski definition) is 5. The van der Waals surface area contributed by atoms with Crippen molar-refractivity contribution >= 4 is 11.6 Å². The van der Waals surface area contributed by atoms with Gasteiger partial charge in [-0.3, -0.25) is 4.79 Å². The van der Waals surface area contributed by atoms with Crippen molar-refractivity contribution in [3.63, 3.8) is 0 Å². The van der Waals surface area contributed by atoms with Gasteiger partial charge in [-0.15, -0.1) is 0 Å². The zero-order chi connectivity index (χ0) is 18.7. The van der Waals surface area contributed by atoms with E-state index in [-0.39, 0.29) is 11.3 Å². The van der Waals surface area contributed by atoms with Crippen LogP contribution in [0.1, 0.15) is 38.7 Å². The van der Waals surface area contributed by atoms with E-state index in [4.69, 9.17) is 4.74 Å². The predicted molar refractivity (Wildman–Crippen MR) is 100 cm³/mol. The van der Waals surface area contributed by atoms with Gasteiger partial charge in [-0.05, 0) is 32.8 Å². The van der Waals surface area contributed by atoms with Crippen molar-refractivity contribution in [3.05, 3.63) is 29.5 Å². The van der Waals surface area contributed by atoms with Gasteiger partial charge in [0.1, 0.15) is 11.6 Å². The summed E-state index contributed by atoms with van der Waals surface area (Å²) in [7, 11) is 1.53. The molecular formula is C20H26N4O2. The molecule has 0 saturated carbocycles. The van der Waals surface area contributed by atoms with Gasteiger partial charge in [0.2, 0.25) is 11.8 Å². The van der Waals surface area contributed by atoms with Crippen molar-refractivity contribution in [2.24, 2.45) is 5.41 Å². The fraction of sp³-hybridized carbons (Fsp3) is 0.550. The lowest BCUT2D eigenvalue weighted by Gasteiger charge is -2.40. The molecule has 2 saturated heterocycles. The standard InChI is InChI=1S/C20H26N4O2/c1-15(2)5-9-24-14-20(12-18(24)25)6-10-23(11-7-20)17-4-8-22-19(26-3)16(17)13-21/h4-5,8H,6-7,9-12,14H2,1-3H3. The Labute approximate surface area is 155 Å². The molecule has 0 radical (unpaired) electrons. The third-order valence-electron chi connectivity index (χ3n) is 5.49. The van der Waals surface area contributed by atoms with Crippen LogP contribution in [0.25, 0.3) is 0 Å². The number of methoxy groups -OCH3 is 1. The summed E-state index contributed by atoms with van der Waals surface area (Å²) in [5, 5.41) is 9.49. The number of nitriles is 1. The Morgan fingerprint density at radius 2 is 2.15 bits per heavy atom. The highest BCUT2D eigenvalue weighted by Gasteiger charge is 2.44. The molecule has 138 valence electrons. The number of likely N-dealkylation sites (tertiary alicyclic amines) is 1. The van der Waals surface area contributed by atoms with E-state index in [1.807, 2.05) is 11.0 Å². The Morgan fingerprint density at radius 3 is 2.77 bits per heavy atom. The van der Waals surface area contributed by atoms with Gasteiger partial charge < -0.3 is 14.5 Å². The number of allylic oxidation sites excluding steroid dienone is 1. The molecule has 1 aromatic heterocycles. The van der Waals surface area contributed by atoms with Gasteiger partial charge >= 0.3 is 0 Å². The quantitative estimate of drug-likeness (QED) is 0.778. The molecule has 0 unspecified atom stereocenters. The van der Waals surface area contributed by atoms with Crippen molar-refractivity contribution in [2.45, 2.75) is 33.1 Å². The highest BCUT2D eigenvalue weighted by atomic mass is 16.5. The molecule has 3 rings (SSSR count). The van der Waals surface area contributed by atoms with Crippen molar-refractivity contribution in [1.82, 2.24) is 9.88 Å². The molecule has 6 nitrogen and oxygen atoms in total. The highest BCUT2D eigenvalue weighted by Crippen LogP contribution is 2.42. The van der Waals surface area contributed by atoms with Crippen LogP contribution in [0, 0.1) is 16.7 Å². The van der Waals surface area contributed by atoms with Crippen LogP contribution < -0.4 is 9.64 Å². The summed E-state index contributed by atoms with van der Waals surface area (Å²) >= 11 is 0. The number of nitrogens with zero attached hydrogens (tertiary/aromatic N) is 4. The largest absolute Gasteiger partial charge is 0.480 e. The summed E-state index contributed by atoms with van der Waals surface area (Å²) in [5.74, 6) is 0.633. The van der Waals surface area contributed by atoms with Gasteiger partial charge in [-0.2, -0.15) is 5.26 Å². The maximum absolute atomic E-state index is 12.4. The van der Waals surface area contributed by atoms with Gasteiger partial charge in [-0.1, -0.05) is 11.6 Å². The first-order valence-corrected chi connectivity index (χ1v) is 9.07. The van der Waals surface area contributed by atoms with Crippen molar-refractivity contribution in [1.29, 1.82) is 5.26 Å². The molecule has 1 amide bonds. The number of carbonyl (C=O) groups excluding carboxylic acids is 1. The fourth-order valence-corrected chi connectivity index (χ4v) is 3.95. The van der Waals surface area contributed by atoms with Crippen molar-refractivity contribution in [2.75, 3.05) is 38.2 Å². The van der Waals surface area contributed by atoms with Crippen LogP contribution in [0.15, 0.2) is 23.9 Å². The average molecular weight is 354 g/mol. The minimum absolute atomic E-state index is 0.0764. The van der Waals surface area contributed by atoms with E-state index < -0.39 is 0 Å². The van der Waals surface area contributed by atoms with Gasteiger partial charge in [0.25, 0.3) is 0 Å². The molecule has 1 aromatic rings. The SMILES string of the molecule is COc1nccc(N2CCC3(CC2)CC(=O)N(CC=C(C)C)C3)c1C#N. The van der Waals surface area contributed by atoms with E-state index in [0.717, 1.165) is 38.2 Å². The Hall–Kier alpha value is -2.55. The number of aromatic nitrogens is 1. The molecule has 0 N–H and O–H groups in total. The second-order valence-electron chi connectivity index (χ2n) is 7.55. The normalized spacial score (nSPS) is 18.8.